The zero-order valence-electron chi connectivity index (χ0n) is 12.2. The van der Waals surface area contributed by atoms with E-state index in [1.807, 2.05) is 13.8 Å². The molecule has 0 unspecified atom stereocenters. The van der Waals surface area contributed by atoms with Crippen molar-refractivity contribution in [2.45, 2.75) is 20.0 Å². The van der Waals surface area contributed by atoms with E-state index in [4.69, 9.17) is 16.3 Å². The molecule has 1 aromatic rings. The van der Waals surface area contributed by atoms with Crippen LogP contribution in [0.2, 0.25) is 5.02 Å². The summed E-state index contributed by atoms with van der Waals surface area (Å²) in [6.07, 6.45) is 0.844. The van der Waals surface area contributed by atoms with Crippen molar-refractivity contribution in [3.05, 3.63) is 28.8 Å². The monoisotopic (exact) mass is 310 g/mol. The van der Waals surface area contributed by atoms with Gasteiger partial charge < -0.3 is 14.5 Å². The maximum atomic E-state index is 12.4. The number of amides is 2. The summed E-state index contributed by atoms with van der Waals surface area (Å²) < 4.78 is 5.55. The third-order valence-corrected chi connectivity index (χ3v) is 3.59. The van der Waals surface area contributed by atoms with Crippen molar-refractivity contribution in [1.82, 2.24) is 9.80 Å². The van der Waals surface area contributed by atoms with Crippen molar-refractivity contribution in [2.75, 3.05) is 26.2 Å². The molecule has 2 amide bonds. The second-order valence-electron chi connectivity index (χ2n) is 5.25. The van der Waals surface area contributed by atoms with Gasteiger partial charge in [0, 0.05) is 31.7 Å². The van der Waals surface area contributed by atoms with E-state index >= 15 is 0 Å². The van der Waals surface area contributed by atoms with E-state index in [1.54, 1.807) is 28.0 Å². The van der Waals surface area contributed by atoms with Gasteiger partial charge in [-0.1, -0.05) is 11.6 Å². The molecule has 114 valence electrons. The third kappa shape index (κ3) is 3.88. The van der Waals surface area contributed by atoms with Gasteiger partial charge in [-0.15, -0.1) is 0 Å². The third-order valence-electron chi connectivity index (χ3n) is 3.29. The molecule has 0 saturated carbocycles. The molecule has 0 aromatic heterocycles. The van der Waals surface area contributed by atoms with Gasteiger partial charge in [0.25, 0.3) is 5.91 Å². The Kier molecular flexibility index (Phi) is 5.07. The average Bonchev–Trinajstić information content (AvgIpc) is 2.48. The highest BCUT2D eigenvalue weighted by molar-refractivity contribution is 6.32. The fourth-order valence-corrected chi connectivity index (χ4v) is 2.42. The zero-order valence-corrected chi connectivity index (χ0v) is 13.0. The summed E-state index contributed by atoms with van der Waals surface area (Å²) in [6.45, 7) is 6.05. The zero-order chi connectivity index (χ0) is 15.4. The SMILES string of the molecule is CC(C)Oc1ccc(C(=O)N2CCN(C=O)CC2)cc1Cl. The minimum Gasteiger partial charge on any atom is -0.489 e. The Labute approximate surface area is 129 Å². The van der Waals surface area contributed by atoms with Crippen molar-refractivity contribution in [3.8, 4) is 5.75 Å². The van der Waals surface area contributed by atoms with Crippen LogP contribution < -0.4 is 4.74 Å². The van der Waals surface area contributed by atoms with Crippen molar-refractivity contribution >= 4 is 23.9 Å². The summed E-state index contributed by atoms with van der Waals surface area (Å²) in [6, 6.07) is 5.07. The van der Waals surface area contributed by atoms with E-state index in [-0.39, 0.29) is 12.0 Å². The number of benzene rings is 1. The number of hydrogen-bond acceptors (Lipinski definition) is 3. The number of rotatable bonds is 4. The number of piperazine rings is 1. The lowest BCUT2D eigenvalue weighted by molar-refractivity contribution is -0.119. The molecular formula is C15H19ClN2O3. The van der Waals surface area contributed by atoms with Gasteiger partial charge in [-0.05, 0) is 32.0 Å². The van der Waals surface area contributed by atoms with Crippen molar-refractivity contribution in [1.29, 1.82) is 0 Å². The van der Waals surface area contributed by atoms with Crippen LogP contribution in [-0.2, 0) is 4.79 Å². The number of carbonyl (C=O) groups excluding carboxylic acids is 2. The number of carbonyl (C=O) groups is 2. The molecule has 0 spiro atoms. The fraction of sp³-hybridized carbons (Fsp3) is 0.467. The Hall–Kier alpha value is -1.75. The first-order chi connectivity index (χ1) is 10.0. The van der Waals surface area contributed by atoms with E-state index in [0.29, 0.717) is 42.5 Å². The molecule has 0 aliphatic carbocycles. The Balaban J connectivity index is 2.06. The lowest BCUT2D eigenvalue weighted by Crippen LogP contribution is -2.48. The second-order valence-corrected chi connectivity index (χ2v) is 5.65. The van der Waals surface area contributed by atoms with Crippen molar-refractivity contribution in [2.24, 2.45) is 0 Å². The van der Waals surface area contributed by atoms with Crippen LogP contribution in [0.1, 0.15) is 24.2 Å². The van der Waals surface area contributed by atoms with Crippen LogP contribution in [-0.4, -0.2) is 54.4 Å². The predicted octanol–water partition coefficient (Wildman–Crippen LogP) is 2.04. The Bertz CT molecular complexity index is 526. The molecular weight excluding hydrogens is 292 g/mol. The largest absolute Gasteiger partial charge is 0.489 e. The van der Waals surface area contributed by atoms with Gasteiger partial charge in [0.15, 0.2) is 0 Å². The van der Waals surface area contributed by atoms with Gasteiger partial charge in [-0.3, -0.25) is 9.59 Å². The highest BCUT2D eigenvalue weighted by atomic mass is 35.5. The number of ether oxygens (including phenoxy) is 1. The first-order valence-electron chi connectivity index (χ1n) is 6.96. The van der Waals surface area contributed by atoms with E-state index in [9.17, 15) is 9.59 Å². The quantitative estimate of drug-likeness (QED) is 0.800. The Morgan fingerprint density at radius 1 is 1.29 bits per heavy atom. The number of nitrogens with zero attached hydrogens (tertiary/aromatic N) is 2. The molecule has 0 radical (unpaired) electrons. The lowest BCUT2D eigenvalue weighted by atomic mass is 10.1. The molecule has 0 bridgehead atoms. The highest BCUT2D eigenvalue weighted by Gasteiger charge is 2.22. The molecule has 2 rings (SSSR count). The minimum atomic E-state index is -0.0708. The highest BCUT2D eigenvalue weighted by Crippen LogP contribution is 2.27. The van der Waals surface area contributed by atoms with Crippen molar-refractivity contribution in [3.63, 3.8) is 0 Å². The van der Waals surface area contributed by atoms with Gasteiger partial charge in [0.1, 0.15) is 5.75 Å². The fourth-order valence-electron chi connectivity index (χ4n) is 2.20. The summed E-state index contributed by atoms with van der Waals surface area (Å²) in [5, 5.41) is 0.432. The van der Waals surface area contributed by atoms with Gasteiger partial charge in [0.05, 0.1) is 11.1 Å². The van der Waals surface area contributed by atoms with Crippen LogP contribution in [0.4, 0.5) is 0 Å². The number of halogens is 1. The van der Waals surface area contributed by atoms with Gasteiger partial charge in [0.2, 0.25) is 6.41 Å². The Morgan fingerprint density at radius 3 is 2.48 bits per heavy atom. The average molecular weight is 311 g/mol. The first kappa shape index (κ1) is 15.6. The molecule has 6 heteroatoms. The summed E-state index contributed by atoms with van der Waals surface area (Å²) in [4.78, 5) is 26.5. The summed E-state index contributed by atoms with van der Waals surface area (Å²) in [5.41, 5.74) is 0.538. The number of hydrogen-bond donors (Lipinski definition) is 0. The topological polar surface area (TPSA) is 49.9 Å². The maximum Gasteiger partial charge on any atom is 0.254 e. The molecule has 1 aliphatic heterocycles. The molecule has 0 N–H and O–H groups in total. The molecule has 1 fully saturated rings. The van der Waals surface area contributed by atoms with Crippen LogP contribution in [0.15, 0.2) is 18.2 Å². The smallest absolute Gasteiger partial charge is 0.254 e. The first-order valence-corrected chi connectivity index (χ1v) is 7.34. The van der Waals surface area contributed by atoms with Crippen LogP contribution in [0.5, 0.6) is 5.75 Å². The Morgan fingerprint density at radius 2 is 1.95 bits per heavy atom. The van der Waals surface area contributed by atoms with Gasteiger partial charge in [-0.2, -0.15) is 0 Å². The van der Waals surface area contributed by atoms with Gasteiger partial charge >= 0.3 is 0 Å². The molecule has 1 aromatic carbocycles. The van der Waals surface area contributed by atoms with E-state index in [0.717, 1.165) is 6.41 Å². The van der Waals surface area contributed by atoms with E-state index in [2.05, 4.69) is 0 Å². The summed E-state index contributed by atoms with van der Waals surface area (Å²) >= 11 is 6.15. The molecule has 0 atom stereocenters. The molecule has 21 heavy (non-hydrogen) atoms. The standard InChI is InChI=1S/C15H19ClN2O3/c1-11(2)21-14-4-3-12(9-13(14)16)15(20)18-7-5-17(10-19)6-8-18/h3-4,9-11H,5-8H2,1-2H3. The van der Waals surface area contributed by atoms with Crippen LogP contribution in [0.3, 0.4) is 0 Å². The summed E-state index contributed by atoms with van der Waals surface area (Å²) in [5.74, 6) is 0.507. The van der Waals surface area contributed by atoms with Crippen LogP contribution in [0.25, 0.3) is 0 Å². The summed E-state index contributed by atoms with van der Waals surface area (Å²) in [7, 11) is 0. The minimum absolute atomic E-state index is 0.0282. The van der Waals surface area contributed by atoms with Crippen molar-refractivity contribution < 1.29 is 14.3 Å². The lowest BCUT2D eigenvalue weighted by Gasteiger charge is -2.32. The van der Waals surface area contributed by atoms with Gasteiger partial charge in [-0.25, -0.2) is 0 Å². The molecule has 1 aliphatic rings. The predicted molar refractivity (Wildman–Crippen MR) is 80.8 cm³/mol. The molecule has 5 nitrogen and oxygen atoms in total. The van der Waals surface area contributed by atoms with E-state index in [1.165, 1.54) is 0 Å². The second kappa shape index (κ2) is 6.80. The molecule has 1 heterocycles. The molecule has 1 saturated heterocycles. The van der Waals surface area contributed by atoms with Crippen LogP contribution in [0, 0.1) is 0 Å². The maximum absolute atomic E-state index is 12.4. The van der Waals surface area contributed by atoms with E-state index < -0.39 is 0 Å². The van der Waals surface area contributed by atoms with Crippen LogP contribution >= 0.6 is 11.6 Å². The normalized spacial score (nSPS) is 15.2.